The normalized spacial score (nSPS) is 14.9. The highest BCUT2D eigenvalue weighted by Gasteiger charge is 2.34. The molecule has 0 fully saturated rings. The summed E-state index contributed by atoms with van der Waals surface area (Å²) < 4.78 is 0. The molecule has 0 bridgehead atoms. The second kappa shape index (κ2) is 8.79. The van der Waals surface area contributed by atoms with Crippen molar-refractivity contribution in [2.75, 3.05) is 11.4 Å². The highest BCUT2D eigenvalue weighted by atomic mass is 16.4. The van der Waals surface area contributed by atoms with E-state index >= 15 is 0 Å². The number of hydrogen-bond acceptors (Lipinski definition) is 4. The molecular formula is C24H21N3O4. The number of carboxylic acids is 1. The van der Waals surface area contributed by atoms with Crippen molar-refractivity contribution in [2.45, 2.75) is 18.9 Å². The van der Waals surface area contributed by atoms with Crippen LogP contribution in [0.5, 0.6) is 0 Å². The number of benzene rings is 2. The average molecular weight is 415 g/mol. The molecule has 2 heterocycles. The minimum atomic E-state index is -0.953. The number of rotatable bonds is 6. The summed E-state index contributed by atoms with van der Waals surface area (Å²) in [5.74, 6) is -2.08. The number of carbonyl (C=O) groups excluding carboxylic acids is 2. The van der Waals surface area contributed by atoms with E-state index in [-0.39, 0.29) is 24.8 Å². The number of nitrogens with zero attached hydrogens (tertiary/aromatic N) is 2. The van der Waals surface area contributed by atoms with Gasteiger partial charge < -0.3 is 10.4 Å². The second-order valence-electron chi connectivity index (χ2n) is 7.32. The number of carbonyl (C=O) groups is 3. The topological polar surface area (TPSA) is 99.6 Å². The number of aromatic nitrogens is 1. The molecule has 2 N–H and O–H groups in total. The number of para-hydroxylation sites is 1. The van der Waals surface area contributed by atoms with E-state index < -0.39 is 11.9 Å². The molecule has 2 amide bonds. The van der Waals surface area contributed by atoms with Crippen LogP contribution in [0.2, 0.25) is 0 Å². The van der Waals surface area contributed by atoms with Crippen molar-refractivity contribution >= 4 is 23.5 Å². The van der Waals surface area contributed by atoms with Gasteiger partial charge in [0.05, 0.1) is 6.42 Å². The van der Waals surface area contributed by atoms with Crippen molar-refractivity contribution in [2.24, 2.45) is 0 Å². The molecule has 1 aliphatic rings. The molecule has 0 saturated carbocycles. The molecule has 3 aromatic rings. The lowest BCUT2D eigenvalue weighted by molar-refractivity contribution is -0.137. The van der Waals surface area contributed by atoms with E-state index in [2.05, 4.69) is 10.3 Å². The Balaban J connectivity index is 1.68. The molecular weight excluding hydrogens is 394 g/mol. The minimum absolute atomic E-state index is 0.149. The molecule has 7 nitrogen and oxygen atoms in total. The Kier molecular flexibility index (Phi) is 5.75. The summed E-state index contributed by atoms with van der Waals surface area (Å²) in [6.07, 6.45) is 3.15. The smallest absolute Gasteiger partial charge is 0.304 e. The number of aliphatic carboxylic acids is 1. The van der Waals surface area contributed by atoms with Crippen LogP contribution in [0.3, 0.4) is 0 Å². The van der Waals surface area contributed by atoms with Crippen LogP contribution in [0.4, 0.5) is 5.69 Å². The summed E-state index contributed by atoms with van der Waals surface area (Å²) >= 11 is 0. The molecule has 31 heavy (non-hydrogen) atoms. The molecule has 4 rings (SSSR count). The van der Waals surface area contributed by atoms with Crippen LogP contribution in [0.25, 0.3) is 0 Å². The number of nitrogens with one attached hydrogen (secondary N) is 1. The number of carboxylic acid groups (broad SMARTS) is 1. The number of pyridine rings is 1. The zero-order valence-electron chi connectivity index (χ0n) is 16.7. The Labute approximate surface area is 179 Å². The van der Waals surface area contributed by atoms with E-state index in [1.165, 1.54) is 4.90 Å². The molecule has 1 atom stereocenters. The number of fused-ring (bicyclic) bond motifs is 2. The predicted octanol–water partition coefficient (Wildman–Crippen LogP) is 2.96. The van der Waals surface area contributed by atoms with Gasteiger partial charge in [0, 0.05) is 36.1 Å². The fourth-order valence-electron chi connectivity index (χ4n) is 3.90. The van der Waals surface area contributed by atoms with Gasteiger partial charge in [0.25, 0.3) is 5.91 Å². The largest absolute Gasteiger partial charge is 0.481 e. The standard InChI is InChI=1S/C24H21N3O4/c28-22(26-14-16-9-11-25-12-10-16)15-27-21-8-4-3-6-18(21)20(13-23(29)30)17-5-1-2-7-19(17)24(27)31/h1-12,20H,13-15H2,(H,26,28)(H,29,30). The summed E-state index contributed by atoms with van der Waals surface area (Å²) in [7, 11) is 0. The highest BCUT2D eigenvalue weighted by molar-refractivity contribution is 6.11. The van der Waals surface area contributed by atoms with Crippen LogP contribution in [0, 0.1) is 0 Å². The van der Waals surface area contributed by atoms with Crippen molar-refractivity contribution in [3.8, 4) is 0 Å². The monoisotopic (exact) mass is 415 g/mol. The molecule has 1 unspecified atom stereocenters. The van der Waals surface area contributed by atoms with Crippen LogP contribution in [0.1, 0.15) is 39.4 Å². The first-order valence-electron chi connectivity index (χ1n) is 9.91. The van der Waals surface area contributed by atoms with E-state index in [9.17, 15) is 19.5 Å². The van der Waals surface area contributed by atoms with Gasteiger partial charge in [-0.15, -0.1) is 0 Å². The molecule has 1 aliphatic heterocycles. The molecule has 0 aliphatic carbocycles. The first-order chi connectivity index (χ1) is 15.0. The van der Waals surface area contributed by atoms with Gasteiger partial charge in [-0.3, -0.25) is 24.3 Å². The second-order valence-corrected chi connectivity index (χ2v) is 7.32. The van der Waals surface area contributed by atoms with Crippen LogP contribution in [0.15, 0.2) is 73.1 Å². The summed E-state index contributed by atoms with van der Waals surface area (Å²) in [6.45, 7) is 0.151. The average Bonchev–Trinajstić information content (AvgIpc) is 2.88. The number of anilines is 1. The first-order valence-corrected chi connectivity index (χ1v) is 9.91. The van der Waals surface area contributed by atoms with Crippen molar-refractivity contribution in [3.05, 3.63) is 95.3 Å². The minimum Gasteiger partial charge on any atom is -0.481 e. The lowest BCUT2D eigenvalue weighted by Gasteiger charge is -2.23. The molecule has 156 valence electrons. The summed E-state index contributed by atoms with van der Waals surface area (Å²) in [5, 5.41) is 12.3. The van der Waals surface area contributed by atoms with Crippen LogP contribution < -0.4 is 10.2 Å². The van der Waals surface area contributed by atoms with E-state index in [1.54, 1.807) is 60.9 Å². The van der Waals surface area contributed by atoms with E-state index in [0.717, 1.165) is 5.56 Å². The van der Waals surface area contributed by atoms with Crippen molar-refractivity contribution in [1.29, 1.82) is 0 Å². The third kappa shape index (κ3) is 4.30. The van der Waals surface area contributed by atoms with E-state index in [4.69, 9.17) is 0 Å². The molecule has 7 heteroatoms. The number of amides is 2. The third-order valence-corrected chi connectivity index (χ3v) is 5.33. The quantitative estimate of drug-likeness (QED) is 0.645. The van der Waals surface area contributed by atoms with Crippen molar-refractivity contribution in [1.82, 2.24) is 10.3 Å². The van der Waals surface area contributed by atoms with Gasteiger partial charge in [-0.1, -0.05) is 36.4 Å². The Bertz CT molecular complexity index is 1130. The molecule has 2 aromatic carbocycles. The maximum Gasteiger partial charge on any atom is 0.304 e. The lowest BCUT2D eigenvalue weighted by atomic mass is 9.86. The Morgan fingerprint density at radius 3 is 2.39 bits per heavy atom. The highest BCUT2D eigenvalue weighted by Crippen LogP contribution is 2.40. The first kappa shape index (κ1) is 20.3. The van der Waals surface area contributed by atoms with Crippen molar-refractivity contribution < 1.29 is 19.5 Å². The van der Waals surface area contributed by atoms with Gasteiger partial charge >= 0.3 is 5.97 Å². The molecule has 0 radical (unpaired) electrons. The summed E-state index contributed by atoms with van der Waals surface area (Å²) in [6, 6.07) is 17.8. The van der Waals surface area contributed by atoms with Crippen molar-refractivity contribution in [3.63, 3.8) is 0 Å². The van der Waals surface area contributed by atoms with E-state index in [1.807, 2.05) is 12.1 Å². The predicted molar refractivity (Wildman–Crippen MR) is 115 cm³/mol. The fraction of sp³-hybridized carbons (Fsp3) is 0.167. The van der Waals surface area contributed by atoms with E-state index in [0.29, 0.717) is 28.9 Å². The van der Waals surface area contributed by atoms with Gasteiger partial charge in [-0.05, 0) is 41.0 Å². The van der Waals surface area contributed by atoms with Crippen LogP contribution >= 0.6 is 0 Å². The molecule has 0 spiro atoms. The lowest BCUT2D eigenvalue weighted by Crippen LogP contribution is -2.40. The van der Waals surface area contributed by atoms with Gasteiger partial charge in [-0.2, -0.15) is 0 Å². The summed E-state index contributed by atoms with van der Waals surface area (Å²) in [4.78, 5) is 43.1. The van der Waals surface area contributed by atoms with Gasteiger partial charge in [-0.25, -0.2) is 0 Å². The van der Waals surface area contributed by atoms with Gasteiger partial charge in [0.1, 0.15) is 6.54 Å². The Morgan fingerprint density at radius 2 is 1.65 bits per heavy atom. The molecule has 1 aromatic heterocycles. The maximum atomic E-state index is 13.4. The van der Waals surface area contributed by atoms with Gasteiger partial charge in [0.2, 0.25) is 5.91 Å². The third-order valence-electron chi connectivity index (χ3n) is 5.33. The maximum absolute atomic E-state index is 13.4. The summed E-state index contributed by atoms with van der Waals surface area (Å²) in [5.41, 5.74) is 3.23. The zero-order chi connectivity index (χ0) is 21.8. The molecule has 0 saturated heterocycles. The van der Waals surface area contributed by atoms with Crippen LogP contribution in [-0.2, 0) is 16.1 Å². The van der Waals surface area contributed by atoms with Crippen LogP contribution in [-0.4, -0.2) is 34.4 Å². The number of hydrogen-bond donors (Lipinski definition) is 2. The zero-order valence-corrected chi connectivity index (χ0v) is 16.7. The fourth-order valence-corrected chi connectivity index (χ4v) is 3.90. The Hall–Kier alpha value is -4.00. The van der Waals surface area contributed by atoms with Gasteiger partial charge in [0.15, 0.2) is 0 Å². The SMILES string of the molecule is O=C(O)CC1c2ccccc2C(=O)N(CC(=O)NCc2ccncc2)c2ccccc21. The Morgan fingerprint density at radius 1 is 0.968 bits per heavy atom.